The molecule has 3 aliphatic rings. The zero-order valence-electron chi connectivity index (χ0n) is 12.3. The second-order valence-electron chi connectivity index (χ2n) is 6.59. The second kappa shape index (κ2) is 7.10. The lowest BCUT2D eigenvalue weighted by molar-refractivity contribution is -0.132. The largest absolute Gasteiger partial charge is 0.376 e. The second-order valence-corrected chi connectivity index (χ2v) is 6.59. The Morgan fingerprint density at radius 3 is 2.55 bits per heavy atom. The maximum atomic E-state index is 12.3. The van der Waals surface area contributed by atoms with Crippen LogP contribution in [0.3, 0.4) is 0 Å². The quantitative estimate of drug-likeness (QED) is 0.863. The molecule has 3 heterocycles. The Hall–Kier alpha value is -0.320. The van der Waals surface area contributed by atoms with E-state index in [1.807, 2.05) is 11.9 Å². The summed E-state index contributed by atoms with van der Waals surface area (Å²) in [5, 5.41) is 3.64. The molecular weight excluding hydrogens is 276 g/mol. The van der Waals surface area contributed by atoms with Gasteiger partial charge in [0.05, 0.1) is 6.10 Å². The molecule has 5 heteroatoms. The molecule has 2 bridgehead atoms. The lowest BCUT2D eigenvalue weighted by Crippen LogP contribution is -2.41. The maximum absolute atomic E-state index is 12.3. The van der Waals surface area contributed by atoms with Gasteiger partial charge in [0.25, 0.3) is 0 Å². The van der Waals surface area contributed by atoms with Crippen LogP contribution in [0.25, 0.3) is 0 Å². The standard InChI is InChI=1S/C15H26N2O2.ClH/c1-17(10-14-3-2-6-19-14)15(18)9-11-7-12-4-5-13(8-11)16-12;/h11-14,16H,2-10H2,1H3;1H. The summed E-state index contributed by atoms with van der Waals surface area (Å²) in [4.78, 5) is 14.2. The predicted molar refractivity (Wildman–Crippen MR) is 81.1 cm³/mol. The normalized spacial score (nSPS) is 35.6. The summed E-state index contributed by atoms with van der Waals surface area (Å²) in [5.74, 6) is 0.903. The molecule has 1 amide bonds. The van der Waals surface area contributed by atoms with Crippen molar-refractivity contribution in [1.29, 1.82) is 0 Å². The monoisotopic (exact) mass is 302 g/mol. The van der Waals surface area contributed by atoms with Crippen molar-refractivity contribution in [2.75, 3.05) is 20.2 Å². The number of ether oxygens (including phenoxy) is 1. The topological polar surface area (TPSA) is 41.6 Å². The molecular formula is C15H27ClN2O2. The Morgan fingerprint density at radius 1 is 1.25 bits per heavy atom. The summed E-state index contributed by atoms with van der Waals surface area (Å²) in [6.07, 6.45) is 8.25. The van der Waals surface area contributed by atoms with Crippen molar-refractivity contribution in [1.82, 2.24) is 10.2 Å². The fraction of sp³-hybridized carbons (Fsp3) is 0.933. The minimum atomic E-state index is 0. The third kappa shape index (κ3) is 3.86. The number of fused-ring (bicyclic) bond motifs is 2. The number of carbonyl (C=O) groups is 1. The fourth-order valence-corrected chi connectivity index (χ4v) is 3.94. The molecule has 116 valence electrons. The molecule has 0 saturated carbocycles. The Labute approximate surface area is 128 Å². The minimum absolute atomic E-state index is 0. The average molecular weight is 303 g/mol. The molecule has 4 nitrogen and oxygen atoms in total. The van der Waals surface area contributed by atoms with Crippen LogP contribution >= 0.6 is 12.4 Å². The van der Waals surface area contributed by atoms with Crippen LogP contribution in [-0.4, -0.2) is 49.2 Å². The van der Waals surface area contributed by atoms with E-state index < -0.39 is 0 Å². The van der Waals surface area contributed by atoms with E-state index in [1.54, 1.807) is 0 Å². The van der Waals surface area contributed by atoms with E-state index >= 15 is 0 Å². The van der Waals surface area contributed by atoms with Crippen molar-refractivity contribution in [2.45, 2.75) is 63.1 Å². The number of carbonyl (C=O) groups excluding carboxylic acids is 1. The molecule has 0 aliphatic carbocycles. The summed E-state index contributed by atoms with van der Waals surface area (Å²) >= 11 is 0. The number of hydrogen-bond acceptors (Lipinski definition) is 3. The van der Waals surface area contributed by atoms with Crippen molar-refractivity contribution in [2.24, 2.45) is 5.92 Å². The first-order valence-corrected chi connectivity index (χ1v) is 7.82. The molecule has 20 heavy (non-hydrogen) atoms. The van der Waals surface area contributed by atoms with Crippen molar-refractivity contribution in [3.8, 4) is 0 Å². The van der Waals surface area contributed by atoms with Crippen LogP contribution in [-0.2, 0) is 9.53 Å². The smallest absolute Gasteiger partial charge is 0.222 e. The number of hydrogen-bond donors (Lipinski definition) is 1. The van der Waals surface area contributed by atoms with Crippen molar-refractivity contribution < 1.29 is 9.53 Å². The molecule has 3 unspecified atom stereocenters. The highest BCUT2D eigenvalue weighted by atomic mass is 35.5. The van der Waals surface area contributed by atoms with Crippen LogP contribution in [0.2, 0.25) is 0 Å². The lowest BCUT2D eigenvalue weighted by Gasteiger charge is -2.30. The van der Waals surface area contributed by atoms with Gasteiger partial charge in [0, 0.05) is 38.7 Å². The van der Waals surface area contributed by atoms with E-state index in [1.165, 1.54) is 25.7 Å². The van der Waals surface area contributed by atoms with Crippen LogP contribution < -0.4 is 5.32 Å². The van der Waals surface area contributed by atoms with Crippen molar-refractivity contribution in [3.63, 3.8) is 0 Å². The van der Waals surface area contributed by atoms with E-state index in [2.05, 4.69) is 5.32 Å². The summed E-state index contributed by atoms with van der Waals surface area (Å²) in [5.41, 5.74) is 0. The van der Waals surface area contributed by atoms with Gasteiger partial charge in [-0.2, -0.15) is 0 Å². The first-order valence-electron chi connectivity index (χ1n) is 7.82. The molecule has 3 rings (SSSR count). The van der Waals surface area contributed by atoms with Gasteiger partial charge >= 0.3 is 0 Å². The average Bonchev–Trinajstić information content (AvgIpc) is 2.99. The molecule has 0 radical (unpaired) electrons. The van der Waals surface area contributed by atoms with E-state index in [0.717, 1.165) is 32.4 Å². The minimum Gasteiger partial charge on any atom is -0.376 e. The Balaban J connectivity index is 0.00000147. The molecule has 1 N–H and O–H groups in total. The molecule has 0 spiro atoms. The number of piperidine rings is 1. The number of nitrogens with one attached hydrogen (secondary N) is 1. The van der Waals surface area contributed by atoms with Gasteiger partial charge in [0.2, 0.25) is 5.91 Å². The molecule has 3 saturated heterocycles. The summed E-state index contributed by atoms with van der Waals surface area (Å²) < 4.78 is 5.60. The Bertz CT molecular complexity index is 322. The van der Waals surface area contributed by atoms with Crippen LogP contribution in [0.4, 0.5) is 0 Å². The van der Waals surface area contributed by atoms with Gasteiger partial charge in [0.15, 0.2) is 0 Å². The highest BCUT2D eigenvalue weighted by Gasteiger charge is 2.34. The highest BCUT2D eigenvalue weighted by Crippen LogP contribution is 2.32. The Kier molecular flexibility index (Phi) is 5.70. The van der Waals surface area contributed by atoms with Gasteiger partial charge in [-0.3, -0.25) is 4.79 Å². The van der Waals surface area contributed by atoms with Gasteiger partial charge < -0.3 is 15.0 Å². The predicted octanol–water partition coefficient (Wildman–Crippen LogP) is 1.97. The lowest BCUT2D eigenvalue weighted by atomic mass is 9.89. The molecule has 3 aliphatic heterocycles. The van der Waals surface area contributed by atoms with E-state index in [0.29, 0.717) is 23.9 Å². The van der Waals surface area contributed by atoms with Crippen molar-refractivity contribution >= 4 is 18.3 Å². The van der Waals surface area contributed by atoms with Crippen LogP contribution in [0, 0.1) is 5.92 Å². The van der Waals surface area contributed by atoms with Gasteiger partial charge in [-0.15, -0.1) is 12.4 Å². The molecule has 0 aromatic rings. The summed E-state index contributed by atoms with van der Waals surface area (Å²) in [7, 11) is 1.93. The van der Waals surface area contributed by atoms with Gasteiger partial charge in [0.1, 0.15) is 0 Å². The zero-order valence-corrected chi connectivity index (χ0v) is 13.2. The Morgan fingerprint density at radius 2 is 1.95 bits per heavy atom. The van der Waals surface area contributed by atoms with Crippen LogP contribution in [0.15, 0.2) is 0 Å². The zero-order chi connectivity index (χ0) is 13.2. The highest BCUT2D eigenvalue weighted by molar-refractivity contribution is 5.85. The number of nitrogens with zero attached hydrogens (tertiary/aromatic N) is 1. The van der Waals surface area contributed by atoms with E-state index in [-0.39, 0.29) is 18.5 Å². The number of likely N-dealkylation sites (N-methyl/N-ethyl adjacent to an activating group) is 1. The van der Waals surface area contributed by atoms with E-state index in [4.69, 9.17) is 4.74 Å². The van der Waals surface area contributed by atoms with Crippen molar-refractivity contribution in [3.05, 3.63) is 0 Å². The molecule has 3 fully saturated rings. The maximum Gasteiger partial charge on any atom is 0.222 e. The SMILES string of the molecule is CN(CC1CCCO1)C(=O)CC1CC2CCC(C1)N2.Cl. The first kappa shape index (κ1) is 16.1. The third-order valence-corrected chi connectivity index (χ3v) is 4.96. The van der Waals surface area contributed by atoms with Crippen LogP contribution in [0.5, 0.6) is 0 Å². The molecule has 0 aromatic carbocycles. The number of halogens is 1. The number of amides is 1. The summed E-state index contributed by atoms with van der Waals surface area (Å²) in [6.45, 7) is 1.64. The van der Waals surface area contributed by atoms with E-state index in [9.17, 15) is 4.79 Å². The first-order chi connectivity index (χ1) is 9.20. The number of rotatable bonds is 4. The van der Waals surface area contributed by atoms with Gasteiger partial charge in [-0.25, -0.2) is 0 Å². The van der Waals surface area contributed by atoms with Gasteiger partial charge in [-0.05, 0) is 44.4 Å². The van der Waals surface area contributed by atoms with Crippen LogP contribution in [0.1, 0.15) is 44.9 Å². The molecule has 3 atom stereocenters. The summed E-state index contributed by atoms with van der Waals surface area (Å²) in [6, 6.07) is 1.36. The van der Waals surface area contributed by atoms with Gasteiger partial charge in [-0.1, -0.05) is 0 Å². The third-order valence-electron chi connectivity index (χ3n) is 4.96. The molecule has 0 aromatic heterocycles. The fourth-order valence-electron chi connectivity index (χ4n) is 3.94.